The van der Waals surface area contributed by atoms with Gasteiger partial charge in [0.05, 0.1) is 21.1 Å². The average molecular weight is 409 g/mol. The van der Waals surface area contributed by atoms with Crippen molar-refractivity contribution >= 4 is 33.6 Å². The molecule has 0 saturated heterocycles. The molecular formula is C16H15N3O6S2. The van der Waals surface area contributed by atoms with Crippen LogP contribution in [0.25, 0.3) is 0 Å². The van der Waals surface area contributed by atoms with Crippen LogP contribution in [0.4, 0.5) is 0 Å². The monoisotopic (exact) mass is 409 g/mol. The Hall–Kier alpha value is -2.60. The molecule has 0 aliphatic carbocycles. The molecule has 2 aromatic rings. The number of ether oxygens (including phenoxy) is 1. The Morgan fingerprint density at radius 3 is 2.56 bits per heavy atom. The zero-order valence-corrected chi connectivity index (χ0v) is 15.3. The van der Waals surface area contributed by atoms with E-state index in [4.69, 9.17) is 15.7 Å². The number of carbonyl (C=O) groups excluding carboxylic acids is 2. The van der Waals surface area contributed by atoms with Gasteiger partial charge in [0.1, 0.15) is 17.5 Å². The van der Waals surface area contributed by atoms with Gasteiger partial charge >= 0.3 is 0 Å². The number of primary amides is 1. The van der Waals surface area contributed by atoms with Crippen LogP contribution in [-0.4, -0.2) is 31.5 Å². The summed E-state index contributed by atoms with van der Waals surface area (Å²) in [5.41, 5.74) is 6.33. The van der Waals surface area contributed by atoms with E-state index >= 15 is 0 Å². The second-order valence-electron chi connectivity index (χ2n) is 5.58. The third-order valence-corrected chi connectivity index (χ3v) is 6.23. The van der Waals surface area contributed by atoms with Crippen LogP contribution in [0.2, 0.25) is 0 Å². The first-order chi connectivity index (χ1) is 12.8. The molecule has 0 radical (unpaired) electrons. The maximum Gasteiger partial charge on any atom is 0.262 e. The normalized spacial score (nSPS) is 13.7. The number of fused-ring (bicyclic) bond motifs is 2. The summed E-state index contributed by atoms with van der Waals surface area (Å²) in [6.45, 7) is 0. The number of hydrogen-bond acceptors (Lipinski definition) is 7. The van der Waals surface area contributed by atoms with Crippen LogP contribution in [-0.2, 0) is 19.6 Å². The van der Waals surface area contributed by atoms with Crippen molar-refractivity contribution in [3.63, 3.8) is 0 Å². The molecule has 3 rings (SSSR count). The Bertz CT molecular complexity index is 1010. The first kappa shape index (κ1) is 19.2. The topological polar surface area (TPSA) is 148 Å². The molecule has 142 valence electrons. The van der Waals surface area contributed by atoms with Gasteiger partial charge in [0.2, 0.25) is 15.9 Å². The summed E-state index contributed by atoms with van der Waals surface area (Å²) >= 11 is 1.43. The molecule has 27 heavy (non-hydrogen) atoms. The van der Waals surface area contributed by atoms with Crippen LogP contribution in [0.15, 0.2) is 57.2 Å². The lowest BCUT2D eigenvalue weighted by Crippen LogP contribution is -2.47. The smallest absolute Gasteiger partial charge is 0.262 e. The van der Waals surface area contributed by atoms with Crippen LogP contribution in [0.3, 0.4) is 0 Å². The Kier molecular flexibility index (Phi) is 5.37. The number of nitrogens with two attached hydrogens (primary N) is 1. The number of amides is 2. The van der Waals surface area contributed by atoms with Crippen molar-refractivity contribution in [1.29, 1.82) is 0 Å². The van der Waals surface area contributed by atoms with Gasteiger partial charge in [-0.25, -0.2) is 13.9 Å². The molecule has 5 N–H and O–H groups in total. The van der Waals surface area contributed by atoms with Crippen LogP contribution < -0.4 is 20.7 Å². The predicted octanol–water partition coefficient (Wildman–Crippen LogP) is 0.971. The van der Waals surface area contributed by atoms with Crippen molar-refractivity contribution < 1.29 is 28.0 Å². The minimum atomic E-state index is -4.19. The Morgan fingerprint density at radius 2 is 1.85 bits per heavy atom. The molecule has 1 aliphatic rings. The van der Waals surface area contributed by atoms with Gasteiger partial charge in [-0.15, -0.1) is 0 Å². The predicted molar refractivity (Wildman–Crippen MR) is 94.9 cm³/mol. The molecule has 0 saturated carbocycles. The van der Waals surface area contributed by atoms with E-state index in [1.165, 1.54) is 29.4 Å². The lowest BCUT2D eigenvalue weighted by Gasteiger charge is -2.20. The number of benzene rings is 2. The molecular weight excluding hydrogens is 394 g/mol. The van der Waals surface area contributed by atoms with E-state index < -0.39 is 34.3 Å². The van der Waals surface area contributed by atoms with Gasteiger partial charge in [0.25, 0.3) is 5.91 Å². The molecule has 1 aliphatic heterocycles. The fraction of sp³-hybridized carbons (Fsp3) is 0.125. The van der Waals surface area contributed by atoms with Crippen LogP contribution in [0, 0.1) is 0 Å². The minimum Gasteiger partial charge on any atom is -0.455 e. The van der Waals surface area contributed by atoms with E-state index in [-0.39, 0.29) is 4.90 Å². The van der Waals surface area contributed by atoms with Gasteiger partial charge < -0.3 is 10.5 Å². The number of hydrogen-bond donors (Lipinski definition) is 4. The second-order valence-corrected chi connectivity index (χ2v) is 8.38. The molecule has 0 spiro atoms. The van der Waals surface area contributed by atoms with Gasteiger partial charge in [-0.1, -0.05) is 23.9 Å². The van der Waals surface area contributed by atoms with E-state index in [1.807, 2.05) is 12.1 Å². The van der Waals surface area contributed by atoms with Crippen molar-refractivity contribution in [2.75, 3.05) is 0 Å². The fourth-order valence-corrected chi connectivity index (χ4v) is 4.54. The zero-order valence-electron chi connectivity index (χ0n) is 13.7. The lowest BCUT2D eigenvalue weighted by atomic mass is 10.2. The molecule has 0 unspecified atom stereocenters. The molecule has 1 heterocycles. The summed E-state index contributed by atoms with van der Waals surface area (Å²) in [5.74, 6) is -1.06. The zero-order chi connectivity index (χ0) is 19.6. The highest BCUT2D eigenvalue weighted by Gasteiger charge is 2.28. The Balaban J connectivity index is 1.88. The molecule has 0 aromatic heterocycles. The van der Waals surface area contributed by atoms with Gasteiger partial charge in [0.15, 0.2) is 0 Å². The van der Waals surface area contributed by atoms with Crippen LogP contribution in [0.5, 0.6) is 11.5 Å². The van der Waals surface area contributed by atoms with Gasteiger partial charge in [-0.05, 0) is 24.3 Å². The maximum atomic E-state index is 12.6. The SMILES string of the molecule is NC(=O)C[C@H](NS(=O)(=O)c1ccc2c(c1)Oc1ccccc1S2)C(=O)NO. The molecule has 2 aromatic carbocycles. The number of hydroxylamine groups is 1. The fourth-order valence-electron chi connectivity index (χ4n) is 2.40. The second kappa shape index (κ2) is 7.56. The van der Waals surface area contributed by atoms with Gasteiger partial charge in [-0.2, -0.15) is 4.72 Å². The molecule has 0 bridgehead atoms. The molecule has 9 nitrogen and oxygen atoms in total. The number of para-hydroxylation sites is 1. The summed E-state index contributed by atoms with van der Waals surface area (Å²) in [6.07, 6.45) is -0.615. The number of nitrogens with one attached hydrogen (secondary N) is 2. The molecule has 1 atom stereocenters. The lowest BCUT2D eigenvalue weighted by molar-refractivity contribution is -0.133. The minimum absolute atomic E-state index is 0.165. The quantitative estimate of drug-likeness (QED) is 0.350. The Labute approximate surface area is 158 Å². The van der Waals surface area contributed by atoms with Crippen molar-refractivity contribution in [2.24, 2.45) is 5.73 Å². The highest BCUT2D eigenvalue weighted by Crippen LogP contribution is 2.47. The third kappa shape index (κ3) is 4.22. The van der Waals surface area contributed by atoms with Crippen LogP contribution in [0.1, 0.15) is 6.42 Å². The summed E-state index contributed by atoms with van der Waals surface area (Å²) in [6, 6.07) is 10.0. The largest absolute Gasteiger partial charge is 0.455 e. The van der Waals surface area contributed by atoms with Gasteiger partial charge in [0, 0.05) is 6.07 Å². The highest BCUT2D eigenvalue weighted by atomic mass is 32.2. The van der Waals surface area contributed by atoms with E-state index in [0.717, 1.165) is 9.79 Å². The molecule has 2 amide bonds. The van der Waals surface area contributed by atoms with Gasteiger partial charge in [-0.3, -0.25) is 14.8 Å². The molecule has 0 fully saturated rings. The number of sulfonamides is 1. The third-order valence-electron chi connectivity index (χ3n) is 3.64. The van der Waals surface area contributed by atoms with Crippen molar-refractivity contribution in [1.82, 2.24) is 10.2 Å². The number of carbonyl (C=O) groups is 2. The first-order valence-electron chi connectivity index (χ1n) is 7.63. The van der Waals surface area contributed by atoms with Crippen molar-refractivity contribution in [2.45, 2.75) is 27.1 Å². The summed E-state index contributed by atoms with van der Waals surface area (Å²) in [5, 5.41) is 8.73. The standard InChI is InChI=1S/C16H15N3O6S2/c17-15(20)8-10(16(21)18-22)19-27(23,24)9-5-6-14-12(7-9)25-11-3-1-2-4-13(11)26-14/h1-7,10,19,22H,8H2,(H2,17,20)(H,18,21)/t10-/m0/s1. The maximum absolute atomic E-state index is 12.6. The van der Waals surface area contributed by atoms with E-state index in [2.05, 4.69) is 4.72 Å². The number of rotatable bonds is 6. The summed E-state index contributed by atoms with van der Waals surface area (Å²) < 4.78 is 33.0. The average Bonchev–Trinajstić information content (AvgIpc) is 2.64. The van der Waals surface area contributed by atoms with Crippen molar-refractivity contribution in [3.8, 4) is 11.5 Å². The van der Waals surface area contributed by atoms with Crippen LogP contribution >= 0.6 is 11.8 Å². The van der Waals surface area contributed by atoms with E-state index in [0.29, 0.717) is 11.5 Å². The first-order valence-corrected chi connectivity index (χ1v) is 9.93. The van der Waals surface area contributed by atoms with E-state index in [1.54, 1.807) is 18.2 Å². The van der Waals surface area contributed by atoms with Crippen molar-refractivity contribution in [3.05, 3.63) is 42.5 Å². The summed E-state index contributed by atoms with van der Waals surface area (Å²) in [7, 11) is -4.19. The van der Waals surface area contributed by atoms with E-state index in [9.17, 15) is 18.0 Å². The summed E-state index contributed by atoms with van der Waals surface area (Å²) in [4.78, 5) is 24.1. The Morgan fingerprint density at radius 1 is 1.15 bits per heavy atom. The highest BCUT2D eigenvalue weighted by molar-refractivity contribution is 7.99. The molecule has 11 heteroatoms.